The molecule has 3 heterocycles. The van der Waals surface area contributed by atoms with Gasteiger partial charge in [-0.3, -0.25) is 9.59 Å². The highest BCUT2D eigenvalue weighted by molar-refractivity contribution is 8.03. The first kappa shape index (κ1) is 16.9. The van der Waals surface area contributed by atoms with Crippen LogP contribution in [0.1, 0.15) is 16.2 Å². The van der Waals surface area contributed by atoms with Crippen LogP contribution in [0.4, 0.5) is 5.69 Å². The third-order valence-electron chi connectivity index (χ3n) is 4.01. The van der Waals surface area contributed by atoms with E-state index in [9.17, 15) is 9.59 Å². The number of furan rings is 1. The lowest BCUT2D eigenvalue weighted by Crippen LogP contribution is -2.31. The van der Waals surface area contributed by atoms with Crippen molar-refractivity contribution in [2.45, 2.75) is 12.7 Å². The van der Waals surface area contributed by atoms with Crippen LogP contribution in [0, 0.1) is 6.92 Å². The number of thiophene rings is 1. The molecule has 4 nitrogen and oxygen atoms in total. The van der Waals surface area contributed by atoms with Crippen molar-refractivity contribution in [2.75, 3.05) is 4.90 Å². The number of hydrogen-bond donors (Lipinski definition) is 0. The minimum atomic E-state index is -0.277. The largest absolute Gasteiger partial charge is 0.468 e. The molecule has 4 rings (SSSR count). The topological polar surface area (TPSA) is 50.5 Å². The van der Waals surface area contributed by atoms with E-state index in [0.29, 0.717) is 21.9 Å². The number of carbonyl (C=O) groups is 2. The minimum absolute atomic E-state index is 0.273. The van der Waals surface area contributed by atoms with Gasteiger partial charge in [-0.1, -0.05) is 18.2 Å². The van der Waals surface area contributed by atoms with E-state index in [4.69, 9.17) is 4.42 Å². The van der Waals surface area contributed by atoms with Crippen LogP contribution in [0.2, 0.25) is 0 Å². The van der Waals surface area contributed by atoms with Crippen molar-refractivity contribution in [1.29, 1.82) is 0 Å². The maximum Gasteiger partial charge on any atom is 0.272 e. The average molecular weight is 381 g/mol. The van der Waals surface area contributed by atoms with Crippen molar-refractivity contribution in [3.8, 4) is 0 Å². The SMILES string of the molecule is Cc1cccc(N2C(=O)C(SCc3ccco3)=C(c3cccs3)C2=O)c1. The second-order valence-electron chi connectivity index (χ2n) is 5.83. The third kappa shape index (κ3) is 3.02. The fourth-order valence-corrected chi connectivity index (χ4v) is 4.66. The van der Waals surface area contributed by atoms with Gasteiger partial charge in [-0.25, -0.2) is 4.90 Å². The van der Waals surface area contributed by atoms with E-state index in [1.165, 1.54) is 28.0 Å². The Kier molecular flexibility index (Phi) is 4.53. The summed E-state index contributed by atoms with van der Waals surface area (Å²) in [7, 11) is 0. The fraction of sp³-hybridized carbons (Fsp3) is 0.100. The predicted octanol–water partition coefficient (Wildman–Crippen LogP) is 4.87. The summed E-state index contributed by atoms with van der Waals surface area (Å²) < 4.78 is 5.36. The van der Waals surface area contributed by atoms with Crippen LogP contribution in [0.5, 0.6) is 0 Å². The van der Waals surface area contributed by atoms with E-state index in [0.717, 1.165) is 16.2 Å². The molecular weight excluding hydrogens is 366 g/mol. The number of carbonyl (C=O) groups excluding carboxylic acids is 2. The first-order valence-electron chi connectivity index (χ1n) is 8.04. The molecule has 0 fully saturated rings. The van der Waals surface area contributed by atoms with Gasteiger partial charge >= 0.3 is 0 Å². The molecule has 0 bridgehead atoms. The zero-order valence-electron chi connectivity index (χ0n) is 14.0. The summed E-state index contributed by atoms with van der Waals surface area (Å²) in [6.45, 7) is 1.94. The van der Waals surface area contributed by atoms with Gasteiger partial charge in [0.15, 0.2) is 0 Å². The van der Waals surface area contributed by atoms with E-state index in [1.54, 1.807) is 12.3 Å². The van der Waals surface area contributed by atoms with Gasteiger partial charge in [0.05, 0.1) is 28.2 Å². The van der Waals surface area contributed by atoms with E-state index < -0.39 is 0 Å². The molecule has 0 spiro atoms. The molecule has 3 aromatic rings. The molecular formula is C20H15NO3S2. The molecule has 1 aliphatic rings. The van der Waals surface area contributed by atoms with Crippen molar-refractivity contribution < 1.29 is 14.0 Å². The van der Waals surface area contributed by atoms with E-state index in [1.807, 2.05) is 54.8 Å². The molecule has 6 heteroatoms. The lowest BCUT2D eigenvalue weighted by molar-refractivity contribution is -0.119. The number of imide groups is 1. The van der Waals surface area contributed by atoms with Gasteiger partial charge < -0.3 is 4.42 Å². The maximum absolute atomic E-state index is 13.1. The molecule has 0 saturated carbocycles. The van der Waals surface area contributed by atoms with Crippen LogP contribution in [-0.4, -0.2) is 11.8 Å². The number of benzene rings is 1. The Balaban J connectivity index is 1.73. The van der Waals surface area contributed by atoms with Crippen molar-refractivity contribution in [2.24, 2.45) is 0 Å². The van der Waals surface area contributed by atoms with Crippen LogP contribution in [-0.2, 0) is 15.3 Å². The minimum Gasteiger partial charge on any atom is -0.468 e. The van der Waals surface area contributed by atoms with Gasteiger partial charge in [0.25, 0.3) is 11.8 Å². The molecule has 0 unspecified atom stereocenters. The monoisotopic (exact) mass is 381 g/mol. The quantitative estimate of drug-likeness (QED) is 0.592. The van der Waals surface area contributed by atoms with Crippen molar-refractivity contribution in [3.63, 3.8) is 0 Å². The molecule has 0 atom stereocenters. The summed E-state index contributed by atoms with van der Waals surface area (Å²) in [5, 5.41) is 1.91. The number of hydrogen-bond acceptors (Lipinski definition) is 5. The zero-order valence-corrected chi connectivity index (χ0v) is 15.6. The van der Waals surface area contributed by atoms with E-state index >= 15 is 0 Å². The second kappa shape index (κ2) is 6.97. The highest BCUT2D eigenvalue weighted by Gasteiger charge is 2.40. The summed E-state index contributed by atoms with van der Waals surface area (Å²) in [5.41, 5.74) is 2.07. The molecule has 0 aliphatic carbocycles. The highest BCUT2D eigenvalue weighted by atomic mass is 32.2. The molecule has 1 aliphatic heterocycles. The Labute approximate surface area is 159 Å². The Hall–Kier alpha value is -2.57. The summed E-state index contributed by atoms with van der Waals surface area (Å²) in [4.78, 5) is 28.8. The fourth-order valence-electron chi connectivity index (χ4n) is 2.82. The lowest BCUT2D eigenvalue weighted by atomic mass is 10.2. The lowest BCUT2D eigenvalue weighted by Gasteiger charge is -2.15. The Bertz CT molecular complexity index is 988. The highest BCUT2D eigenvalue weighted by Crippen LogP contribution is 2.40. The average Bonchev–Trinajstić information content (AvgIpc) is 3.35. The predicted molar refractivity (Wildman–Crippen MR) is 105 cm³/mol. The van der Waals surface area contributed by atoms with Gasteiger partial charge in [0.2, 0.25) is 0 Å². The molecule has 26 heavy (non-hydrogen) atoms. The second-order valence-corrected chi connectivity index (χ2v) is 7.77. The molecule has 130 valence electrons. The van der Waals surface area contributed by atoms with Crippen molar-refractivity contribution in [3.05, 3.63) is 81.3 Å². The smallest absolute Gasteiger partial charge is 0.272 e. The first-order chi connectivity index (χ1) is 12.6. The molecule has 0 radical (unpaired) electrons. The summed E-state index contributed by atoms with van der Waals surface area (Å²) in [5.74, 6) is 0.713. The number of aryl methyl sites for hydroxylation is 1. The van der Waals surface area contributed by atoms with Crippen LogP contribution in [0.25, 0.3) is 5.57 Å². The normalized spacial score (nSPS) is 14.6. The van der Waals surface area contributed by atoms with E-state index in [-0.39, 0.29) is 11.8 Å². The van der Waals surface area contributed by atoms with Gasteiger partial charge in [0.1, 0.15) is 5.76 Å². The number of thioether (sulfide) groups is 1. The standard InChI is InChI=1S/C20H15NO3S2/c1-13-5-2-6-14(11-13)21-19(22)17(16-8-4-10-25-16)18(20(21)23)26-12-15-7-3-9-24-15/h2-11H,12H2,1H3. The van der Waals surface area contributed by atoms with Crippen molar-refractivity contribution >= 4 is 46.2 Å². The van der Waals surface area contributed by atoms with Gasteiger partial charge in [0, 0.05) is 4.88 Å². The molecule has 0 saturated heterocycles. The molecule has 2 amide bonds. The van der Waals surface area contributed by atoms with Crippen LogP contribution in [0.15, 0.2) is 69.5 Å². The maximum atomic E-state index is 13.1. The van der Waals surface area contributed by atoms with Gasteiger partial charge in [-0.2, -0.15) is 0 Å². The summed E-state index contributed by atoms with van der Waals surface area (Å²) in [6, 6.07) is 14.9. The van der Waals surface area contributed by atoms with Gasteiger partial charge in [-0.15, -0.1) is 23.1 Å². The Morgan fingerprint density at radius 3 is 2.65 bits per heavy atom. The molecule has 1 aromatic carbocycles. The number of amides is 2. The van der Waals surface area contributed by atoms with Crippen LogP contribution < -0.4 is 4.90 Å². The summed E-state index contributed by atoms with van der Waals surface area (Å²) in [6.07, 6.45) is 1.60. The Morgan fingerprint density at radius 2 is 1.96 bits per heavy atom. The van der Waals surface area contributed by atoms with Crippen LogP contribution in [0.3, 0.4) is 0 Å². The first-order valence-corrected chi connectivity index (χ1v) is 9.90. The number of rotatable bonds is 5. The molecule has 0 N–H and O–H groups in total. The number of nitrogens with zero attached hydrogens (tertiary/aromatic N) is 1. The van der Waals surface area contributed by atoms with Gasteiger partial charge in [-0.05, 0) is 48.2 Å². The van der Waals surface area contributed by atoms with Crippen LogP contribution >= 0.6 is 23.1 Å². The molecule has 2 aromatic heterocycles. The third-order valence-corrected chi connectivity index (χ3v) is 5.99. The summed E-state index contributed by atoms with van der Waals surface area (Å²) >= 11 is 2.80. The van der Waals surface area contributed by atoms with E-state index in [2.05, 4.69) is 0 Å². The zero-order chi connectivity index (χ0) is 18.1. The number of anilines is 1. The van der Waals surface area contributed by atoms with Crippen molar-refractivity contribution in [1.82, 2.24) is 0 Å². The Morgan fingerprint density at radius 1 is 1.08 bits per heavy atom.